The number of nitrogens with zero attached hydrogens (tertiary/aromatic N) is 2. The second-order valence-electron chi connectivity index (χ2n) is 9.65. The van der Waals surface area contributed by atoms with Crippen molar-refractivity contribution in [2.75, 3.05) is 18.4 Å². The highest BCUT2D eigenvalue weighted by Gasteiger charge is 2.49. The zero-order valence-electron chi connectivity index (χ0n) is 18.3. The number of hydrogen-bond donors (Lipinski definition) is 3. The summed E-state index contributed by atoms with van der Waals surface area (Å²) >= 11 is 0. The van der Waals surface area contributed by atoms with Gasteiger partial charge in [0.25, 0.3) is 16.1 Å². The lowest BCUT2D eigenvalue weighted by molar-refractivity contribution is -0.115. The number of rotatable bonds is 4. The fraction of sp³-hybridized carbons (Fsp3) is 0.636. The first-order chi connectivity index (χ1) is 15.2. The number of amides is 2. The van der Waals surface area contributed by atoms with Crippen LogP contribution in [0.5, 0.6) is 0 Å². The van der Waals surface area contributed by atoms with Gasteiger partial charge in [-0.05, 0) is 68.7 Å². The average Bonchev–Trinajstić information content (AvgIpc) is 3.23. The SMILES string of the molecule is Cc1cc2c(cc1C(=O)N[C@H]1C[C@H]3CC[C@@H](C1)N3S(=O)(=O)N1CCC(N)CC1)CC(=O)N2. The van der Waals surface area contributed by atoms with Gasteiger partial charge in [-0.3, -0.25) is 9.59 Å². The van der Waals surface area contributed by atoms with Gasteiger partial charge in [-0.1, -0.05) is 0 Å². The van der Waals surface area contributed by atoms with Crippen molar-refractivity contribution < 1.29 is 18.0 Å². The molecule has 32 heavy (non-hydrogen) atoms. The Morgan fingerprint density at radius 2 is 1.78 bits per heavy atom. The molecule has 0 unspecified atom stereocenters. The number of carbonyl (C=O) groups excluding carboxylic acids is 2. The van der Waals surface area contributed by atoms with Gasteiger partial charge in [0.15, 0.2) is 0 Å². The van der Waals surface area contributed by atoms with Crippen LogP contribution in [0.2, 0.25) is 0 Å². The highest BCUT2D eigenvalue weighted by atomic mass is 32.2. The molecule has 0 radical (unpaired) electrons. The third-order valence-corrected chi connectivity index (χ3v) is 9.56. The van der Waals surface area contributed by atoms with Gasteiger partial charge < -0.3 is 16.4 Å². The Morgan fingerprint density at radius 3 is 2.44 bits per heavy atom. The molecular weight excluding hydrogens is 430 g/mol. The number of fused-ring (bicyclic) bond motifs is 3. The third-order valence-electron chi connectivity index (χ3n) is 7.41. The molecular formula is C22H31N5O4S. The fourth-order valence-electron chi connectivity index (χ4n) is 5.76. The van der Waals surface area contributed by atoms with Crippen LogP contribution in [0, 0.1) is 6.92 Å². The molecule has 10 heteroatoms. The predicted octanol–water partition coefficient (Wildman–Crippen LogP) is 0.883. The Labute approximate surface area is 188 Å². The number of nitrogens with two attached hydrogens (primary N) is 1. The van der Waals surface area contributed by atoms with Crippen LogP contribution >= 0.6 is 0 Å². The minimum absolute atomic E-state index is 0.0576. The van der Waals surface area contributed by atoms with Gasteiger partial charge in [0.1, 0.15) is 0 Å². The second-order valence-corrected chi connectivity index (χ2v) is 11.5. The van der Waals surface area contributed by atoms with Crippen molar-refractivity contribution >= 4 is 27.7 Å². The van der Waals surface area contributed by atoms with E-state index in [0.717, 1.165) is 29.7 Å². The van der Waals surface area contributed by atoms with Crippen LogP contribution in [0.3, 0.4) is 0 Å². The number of aryl methyl sites for hydroxylation is 1. The van der Waals surface area contributed by atoms with Crippen LogP contribution in [0.4, 0.5) is 5.69 Å². The summed E-state index contributed by atoms with van der Waals surface area (Å²) in [6.45, 7) is 2.83. The lowest BCUT2D eigenvalue weighted by Crippen LogP contribution is -2.57. The third kappa shape index (κ3) is 3.83. The number of piperidine rings is 2. The van der Waals surface area contributed by atoms with Crippen LogP contribution in [-0.2, 0) is 21.4 Å². The van der Waals surface area contributed by atoms with E-state index in [1.165, 1.54) is 0 Å². The highest BCUT2D eigenvalue weighted by molar-refractivity contribution is 7.86. The van der Waals surface area contributed by atoms with Gasteiger partial charge >= 0.3 is 0 Å². The van der Waals surface area contributed by atoms with Gasteiger partial charge in [0.2, 0.25) is 5.91 Å². The minimum atomic E-state index is -3.51. The van der Waals surface area contributed by atoms with Crippen LogP contribution in [0.25, 0.3) is 0 Å². The number of anilines is 1. The normalized spacial score (nSPS) is 29.1. The molecule has 0 saturated carbocycles. The maximum Gasteiger partial charge on any atom is 0.282 e. The molecule has 2 amide bonds. The standard InChI is InChI=1S/C22H31N5O4S/c1-13-8-20-14(10-21(28)25-20)9-19(13)22(29)24-16-11-17-2-3-18(12-16)27(17)32(30,31)26-6-4-15(23)5-7-26/h8-9,15-18H,2-7,10-12,23H2,1H3,(H,24,29)(H,25,28)/t16-,17+,18-. The Morgan fingerprint density at radius 1 is 1.12 bits per heavy atom. The molecule has 4 N–H and O–H groups in total. The van der Waals surface area contributed by atoms with E-state index in [0.29, 0.717) is 44.3 Å². The average molecular weight is 462 g/mol. The Bertz CT molecular complexity index is 1040. The van der Waals surface area contributed by atoms with Crippen LogP contribution in [-0.4, -0.2) is 66.1 Å². The van der Waals surface area contributed by atoms with E-state index in [1.54, 1.807) is 14.7 Å². The number of carbonyl (C=O) groups is 2. The Hall–Kier alpha value is -2.01. The topological polar surface area (TPSA) is 125 Å². The molecule has 9 nitrogen and oxygen atoms in total. The molecule has 174 valence electrons. The second kappa shape index (κ2) is 8.09. The molecule has 4 aliphatic rings. The summed E-state index contributed by atoms with van der Waals surface area (Å²) < 4.78 is 30.0. The molecule has 5 rings (SSSR count). The molecule has 0 spiro atoms. The lowest BCUT2D eigenvalue weighted by atomic mass is 9.98. The van der Waals surface area contributed by atoms with E-state index in [-0.39, 0.29) is 42.4 Å². The summed E-state index contributed by atoms with van der Waals surface area (Å²) in [4.78, 5) is 24.7. The van der Waals surface area contributed by atoms with Crippen molar-refractivity contribution in [2.45, 2.75) is 76.0 Å². The summed E-state index contributed by atoms with van der Waals surface area (Å²) in [6.07, 6.45) is 4.59. The summed E-state index contributed by atoms with van der Waals surface area (Å²) in [5, 5.41) is 5.95. The van der Waals surface area contributed by atoms with Gasteiger partial charge in [-0.2, -0.15) is 17.0 Å². The molecule has 3 saturated heterocycles. The zero-order valence-corrected chi connectivity index (χ0v) is 19.2. The van der Waals surface area contributed by atoms with E-state index < -0.39 is 10.2 Å². The minimum Gasteiger partial charge on any atom is -0.349 e. The molecule has 3 fully saturated rings. The lowest BCUT2D eigenvalue weighted by Gasteiger charge is -2.41. The maximum absolute atomic E-state index is 13.3. The molecule has 2 bridgehead atoms. The van der Waals surface area contributed by atoms with Crippen molar-refractivity contribution in [3.63, 3.8) is 0 Å². The fourth-order valence-corrected chi connectivity index (χ4v) is 7.83. The number of nitrogens with one attached hydrogen (secondary N) is 2. The van der Waals surface area contributed by atoms with E-state index >= 15 is 0 Å². The quantitative estimate of drug-likeness (QED) is 0.614. The van der Waals surface area contributed by atoms with Crippen molar-refractivity contribution in [1.82, 2.24) is 13.9 Å². The van der Waals surface area contributed by atoms with Gasteiger partial charge in [-0.15, -0.1) is 0 Å². The van der Waals surface area contributed by atoms with Crippen LogP contribution in [0.1, 0.15) is 60.0 Å². The van der Waals surface area contributed by atoms with Crippen molar-refractivity contribution in [3.8, 4) is 0 Å². The van der Waals surface area contributed by atoms with Crippen molar-refractivity contribution in [2.24, 2.45) is 5.73 Å². The van der Waals surface area contributed by atoms with E-state index in [4.69, 9.17) is 5.73 Å². The van der Waals surface area contributed by atoms with Crippen molar-refractivity contribution in [1.29, 1.82) is 0 Å². The van der Waals surface area contributed by atoms with Crippen LogP contribution in [0.15, 0.2) is 12.1 Å². The van der Waals surface area contributed by atoms with Gasteiger partial charge in [0, 0.05) is 48.5 Å². The monoisotopic (exact) mass is 461 g/mol. The molecule has 4 heterocycles. The summed E-state index contributed by atoms with van der Waals surface area (Å²) in [5.74, 6) is -0.215. The maximum atomic E-state index is 13.3. The first kappa shape index (κ1) is 21.8. The van der Waals surface area contributed by atoms with Gasteiger partial charge in [-0.25, -0.2) is 0 Å². The smallest absolute Gasteiger partial charge is 0.282 e. The zero-order chi connectivity index (χ0) is 22.6. The summed E-state index contributed by atoms with van der Waals surface area (Å²) in [7, 11) is -3.51. The number of hydrogen-bond acceptors (Lipinski definition) is 5. The molecule has 0 aromatic heterocycles. The summed E-state index contributed by atoms with van der Waals surface area (Å²) in [6, 6.07) is 3.50. The highest BCUT2D eigenvalue weighted by Crippen LogP contribution is 2.39. The molecule has 0 aliphatic carbocycles. The molecule has 1 aromatic carbocycles. The van der Waals surface area contributed by atoms with Crippen molar-refractivity contribution in [3.05, 3.63) is 28.8 Å². The van der Waals surface area contributed by atoms with E-state index in [1.807, 2.05) is 13.0 Å². The molecule has 1 aromatic rings. The number of benzene rings is 1. The first-order valence-electron chi connectivity index (χ1n) is 11.5. The van der Waals surface area contributed by atoms with Gasteiger partial charge in [0.05, 0.1) is 6.42 Å². The Kier molecular flexibility index (Phi) is 5.51. The van der Waals surface area contributed by atoms with Crippen LogP contribution < -0.4 is 16.4 Å². The van der Waals surface area contributed by atoms with E-state index in [2.05, 4.69) is 10.6 Å². The predicted molar refractivity (Wildman–Crippen MR) is 120 cm³/mol. The summed E-state index contributed by atoms with van der Waals surface area (Å²) in [5.41, 5.74) is 8.96. The largest absolute Gasteiger partial charge is 0.349 e. The first-order valence-corrected chi connectivity index (χ1v) is 12.9. The Balaban J connectivity index is 1.27. The molecule has 4 aliphatic heterocycles. The van der Waals surface area contributed by atoms with E-state index in [9.17, 15) is 18.0 Å². The molecule has 3 atom stereocenters.